The third-order valence-electron chi connectivity index (χ3n) is 10.9. The Morgan fingerprint density at radius 2 is 1.26 bits per heavy atom. The van der Waals surface area contributed by atoms with Crippen LogP contribution in [-0.4, -0.2) is 91.1 Å². The number of likely N-dealkylation sites (tertiary alicyclic amines) is 2. The topological polar surface area (TPSA) is 186 Å². The Kier molecular flexibility index (Phi) is 10.5. The summed E-state index contributed by atoms with van der Waals surface area (Å²) in [6.45, 7) is 2.89. The van der Waals surface area contributed by atoms with Gasteiger partial charge in [0.15, 0.2) is 0 Å². The molecule has 2 unspecified atom stereocenters. The highest BCUT2D eigenvalue weighted by Gasteiger charge is 2.40. The number of carbonyl (C=O) groups is 4. The predicted octanol–water partition coefficient (Wildman–Crippen LogP) is 6.03. The Morgan fingerprint density at radius 1 is 0.755 bits per heavy atom. The molecule has 278 valence electrons. The maximum Gasteiger partial charge on any atom is 0.407 e. The summed E-state index contributed by atoms with van der Waals surface area (Å²) in [4.78, 5) is 69.6. The van der Waals surface area contributed by atoms with Crippen molar-refractivity contribution in [2.24, 2.45) is 5.92 Å². The lowest BCUT2D eigenvalue weighted by Crippen LogP contribution is -2.49. The number of ether oxygens (including phenoxy) is 1. The molecule has 0 spiro atoms. The Balaban J connectivity index is 0.990. The molecule has 1 saturated carbocycles. The lowest BCUT2D eigenvalue weighted by molar-refractivity contribution is -0.138. The fraction of sp³-hybridized carbons (Fsp3) is 0.436. The monoisotopic (exact) mass is 722 g/mol. The summed E-state index contributed by atoms with van der Waals surface area (Å²) in [5.41, 5.74) is 5.81. The molecule has 0 radical (unpaired) electrons. The second-order valence-electron chi connectivity index (χ2n) is 14.2. The lowest BCUT2D eigenvalue weighted by atomic mass is 9.83. The number of imidazole rings is 2. The maximum atomic E-state index is 13.7. The van der Waals surface area contributed by atoms with Crippen LogP contribution in [-0.2, 0) is 14.3 Å². The number of rotatable bonds is 9. The van der Waals surface area contributed by atoms with Crippen LogP contribution in [0.2, 0.25) is 0 Å². The number of alkyl carbamates (subject to hydrolysis) is 1. The van der Waals surface area contributed by atoms with Crippen LogP contribution in [0.1, 0.15) is 82.0 Å². The van der Waals surface area contributed by atoms with Crippen LogP contribution in [0.5, 0.6) is 0 Å². The van der Waals surface area contributed by atoms with Crippen molar-refractivity contribution in [3.63, 3.8) is 0 Å². The normalized spacial score (nSPS) is 22.0. The van der Waals surface area contributed by atoms with Crippen molar-refractivity contribution in [3.8, 4) is 33.6 Å². The molecule has 4 aromatic rings. The Bertz CT molecular complexity index is 1940. The average Bonchev–Trinajstić information content (AvgIpc) is 4.01. The van der Waals surface area contributed by atoms with Gasteiger partial charge in [-0.05, 0) is 67.7 Å². The van der Waals surface area contributed by atoms with Crippen LogP contribution in [0.4, 0.5) is 9.59 Å². The van der Waals surface area contributed by atoms with Crippen LogP contribution in [0, 0.1) is 5.92 Å². The van der Waals surface area contributed by atoms with Crippen LogP contribution >= 0.6 is 0 Å². The molecule has 7 rings (SSSR count). The number of methoxy groups -OCH3 is 1. The van der Waals surface area contributed by atoms with E-state index in [1.54, 1.807) is 18.0 Å². The van der Waals surface area contributed by atoms with Crippen molar-refractivity contribution in [2.45, 2.75) is 82.5 Å². The van der Waals surface area contributed by atoms with Crippen molar-refractivity contribution >= 4 is 24.0 Å². The smallest absolute Gasteiger partial charge is 0.407 e. The zero-order valence-electron chi connectivity index (χ0n) is 30.0. The zero-order chi connectivity index (χ0) is 37.1. The van der Waals surface area contributed by atoms with Gasteiger partial charge < -0.3 is 40.2 Å². The number of hydrogen-bond donors (Lipinski definition) is 5. The molecule has 5 N–H and O–H groups in total. The van der Waals surface area contributed by atoms with Gasteiger partial charge in [-0.3, -0.25) is 9.59 Å². The van der Waals surface area contributed by atoms with Crippen molar-refractivity contribution in [1.29, 1.82) is 0 Å². The lowest BCUT2D eigenvalue weighted by Gasteiger charge is -2.35. The molecule has 4 amide bonds. The second-order valence-corrected chi connectivity index (χ2v) is 14.2. The number of hydrogen-bond acceptors (Lipinski definition) is 7. The summed E-state index contributed by atoms with van der Waals surface area (Å²) in [6.07, 6.45) is 8.42. The molecular formula is C39H46N8O6. The van der Waals surface area contributed by atoms with Gasteiger partial charge in [-0.2, -0.15) is 0 Å². The van der Waals surface area contributed by atoms with Gasteiger partial charge in [0.05, 0.1) is 48.9 Å². The quantitative estimate of drug-likeness (QED) is 0.139. The van der Waals surface area contributed by atoms with Gasteiger partial charge in [0.1, 0.15) is 17.7 Å². The molecule has 14 heteroatoms. The number of H-pyrrole nitrogens is 2. The Morgan fingerprint density at radius 3 is 1.81 bits per heavy atom. The van der Waals surface area contributed by atoms with Crippen molar-refractivity contribution in [3.05, 3.63) is 72.6 Å². The molecule has 14 nitrogen and oxygen atoms in total. The zero-order valence-corrected chi connectivity index (χ0v) is 30.0. The SMILES string of the molecule is COC(=O)N[C@@H](C)C(=O)N1CCCC1c1ncc(-c2ccc(-c3ccc(-c4cnc(C5CCCN5C(=O)[C@H]5CCCC[C@H]5NC(=O)O)[nH]4)cc3)cc2)[nH]1. The molecule has 53 heavy (non-hydrogen) atoms. The highest BCUT2D eigenvalue weighted by atomic mass is 16.5. The minimum Gasteiger partial charge on any atom is -0.465 e. The molecule has 5 atom stereocenters. The van der Waals surface area contributed by atoms with E-state index >= 15 is 0 Å². The van der Waals surface area contributed by atoms with Gasteiger partial charge in [0.2, 0.25) is 11.8 Å². The first-order valence-electron chi connectivity index (χ1n) is 18.5. The predicted molar refractivity (Wildman–Crippen MR) is 196 cm³/mol. The fourth-order valence-corrected chi connectivity index (χ4v) is 8.14. The van der Waals surface area contributed by atoms with Crippen LogP contribution in [0.25, 0.3) is 33.6 Å². The molecule has 2 aromatic heterocycles. The van der Waals surface area contributed by atoms with Crippen molar-refractivity contribution < 1.29 is 29.0 Å². The van der Waals surface area contributed by atoms with Crippen LogP contribution in [0.15, 0.2) is 60.9 Å². The van der Waals surface area contributed by atoms with Crippen molar-refractivity contribution in [1.82, 2.24) is 40.4 Å². The third-order valence-corrected chi connectivity index (χ3v) is 10.9. The number of aromatic nitrogens is 4. The molecule has 3 aliphatic rings. The van der Waals surface area contributed by atoms with E-state index in [2.05, 4.69) is 66.7 Å². The number of benzene rings is 2. The minimum absolute atomic E-state index is 0.0145. The number of carbonyl (C=O) groups excluding carboxylic acids is 3. The van der Waals surface area contributed by atoms with E-state index in [1.165, 1.54) is 7.11 Å². The molecular weight excluding hydrogens is 676 g/mol. The number of aromatic amines is 2. The summed E-state index contributed by atoms with van der Waals surface area (Å²) in [7, 11) is 1.27. The summed E-state index contributed by atoms with van der Waals surface area (Å²) < 4.78 is 4.64. The van der Waals surface area contributed by atoms with Crippen molar-refractivity contribution in [2.75, 3.05) is 20.2 Å². The first kappa shape index (κ1) is 35.7. The highest BCUT2D eigenvalue weighted by molar-refractivity contribution is 5.86. The molecule has 2 aromatic carbocycles. The summed E-state index contributed by atoms with van der Waals surface area (Å²) in [6, 6.07) is 15.1. The van der Waals surface area contributed by atoms with Crippen LogP contribution in [0.3, 0.4) is 0 Å². The Hall–Kier alpha value is -5.66. The summed E-state index contributed by atoms with van der Waals surface area (Å²) in [5.74, 6) is 0.967. The van der Waals surface area contributed by atoms with E-state index < -0.39 is 18.2 Å². The van der Waals surface area contributed by atoms with E-state index in [-0.39, 0.29) is 35.9 Å². The first-order chi connectivity index (χ1) is 25.7. The van der Waals surface area contributed by atoms with Gasteiger partial charge in [-0.1, -0.05) is 61.4 Å². The molecule has 3 fully saturated rings. The van der Waals surface area contributed by atoms with Crippen LogP contribution < -0.4 is 10.6 Å². The minimum atomic E-state index is -1.08. The van der Waals surface area contributed by atoms with E-state index in [9.17, 15) is 24.3 Å². The van der Waals surface area contributed by atoms with Gasteiger partial charge in [-0.15, -0.1) is 0 Å². The average molecular weight is 723 g/mol. The first-order valence-corrected chi connectivity index (χ1v) is 18.5. The molecule has 2 aliphatic heterocycles. The standard InChI is InChI=1S/C39H46N8O6/c1-23(42-39(52)53-2)36(48)46-19-5-9-32(46)34-40-21-30(43-34)26-15-11-24(12-16-26)25-13-17-27(18-14-25)31-22-41-35(44-31)33-10-6-20-47(33)37(49)28-7-3-4-8-29(28)45-38(50)51/h11-18,21-23,28-29,32-33,45H,3-10,19-20H2,1-2H3,(H,40,43)(H,41,44)(H,42,52)(H,50,51)/t23-,28-,29+,32?,33?/m0/s1. The molecule has 0 bridgehead atoms. The number of carboxylic acid groups (broad SMARTS) is 1. The fourth-order valence-electron chi connectivity index (χ4n) is 8.14. The Labute approximate surface area is 307 Å². The van der Waals surface area contributed by atoms with E-state index in [1.807, 2.05) is 23.2 Å². The second kappa shape index (κ2) is 15.5. The largest absolute Gasteiger partial charge is 0.465 e. The molecule has 2 saturated heterocycles. The van der Waals surface area contributed by atoms with E-state index in [0.717, 1.165) is 83.8 Å². The van der Waals surface area contributed by atoms with E-state index in [4.69, 9.17) is 4.98 Å². The van der Waals surface area contributed by atoms with Gasteiger partial charge >= 0.3 is 12.2 Å². The summed E-state index contributed by atoms with van der Waals surface area (Å²) in [5, 5.41) is 14.5. The number of amides is 4. The third kappa shape index (κ3) is 7.62. The van der Waals surface area contributed by atoms with Gasteiger partial charge in [0.25, 0.3) is 0 Å². The molecule has 1 aliphatic carbocycles. The summed E-state index contributed by atoms with van der Waals surface area (Å²) >= 11 is 0. The number of nitrogens with one attached hydrogen (secondary N) is 4. The van der Waals surface area contributed by atoms with Gasteiger partial charge in [0, 0.05) is 19.1 Å². The molecule has 4 heterocycles. The number of nitrogens with zero attached hydrogens (tertiary/aromatic N) is 4. The van der Waals surface area contributed by atoms with Gasteiger partial charge in [-0.25, -0.2) is 19.6 Å². The highest BCUT2D eigenvalue weighted by Crippen LogP contribution is 2.37. The maximum absolute atomic E-state index is 13.7. The van der Waals surface area contributed by atoms with E-state index in [0.29, 0.717) is 25.9 Å².